The second-order valence-corrected chi connectivity index (χ2v) is 7.06. The third-order valence-corrected chi connectivity index (χ3v) is 4.99. The van der Waals surface area contributed by atoms with Crippen molar-refractivity contribution >= 4 is 40.7 Å². The standard InChI is InChI=1S/C17H11Cl2N3O3S/c1-10-8-12(4-7-14(10)19)25-16-15(22(23)24)17(21-9-20-16)26-13-5-2-11(18)3-6-13/h2-9H,1H3. The Kier molecular flexibility index (Phi) is 5.61. The first kappa shape index (κ1) is 18.4. The summed E-state index contributed by atoms with van der Waals surface area (Å²) in [4.78, 5) is 19.7. The fourth-order valence-electron chi connectivity index (χ4n) is 2.06. The van der Waals surface area contributed by atoms with Crippen LogP contribution in [0, 0.1) is 17.0 Å². The first-order valence-corrected chi connectivity index (χ1v) is 8.88. The van der Waals surface area contributed by atoms with Crippen LogP contribution >= 0.6 is 35.0 Å². The monoisotopic (exact) mass is 407 g/mol. The number of benzene rings is 2. The van der Waals surface area contributed by atoms with Gasteiger partial charge in [0.05, 0.1) is 4.92 Å². The van der Waals surface area contributed by atoms with Crippen LogP contribution in [-0.4, -0.2) is 14.9 Å². The lowest BCUT2D eigenvalue weighted by Crippen LogP contribution is -2.00. The average molecular weight is 408 g/mol. The number of hydrogen-bond acceptors (Lipinski definition) is 6. The van der Waals surface area contributed by atoms with Crippen LogP contribution < -0.4 is 4.74 Å². The van der Waals surface area contributed by atoms with Crippen molar-refractivity contribution in [2.75, 3.05) is 0 Å². The van der Waals surface area contributed by atoms with E-state index in [2.05, 4.69) is 9.97 Å². The van der Waals surface area contributed by atoms with Gasteiger partial charge in [0, 0.05) is 14.9 Å². The lowest BCUT2D eigenvalue weighted by Gasteiger charge is -2.08. The van der Waals surface area contributed by atoms with E-state index >= 15 is 0 Å². The van der Waals surface area contributed by atoms with Crippen LogP contribution in [0.1, 0.15) is 5.56 Å². The maximum Gasteiger partial charge on any atom is 0.363 e. The van der Waals surface area contributed by atoms with Gasteiger partial charge >= 0.3 is 11.6 Å². The van der Waals surface area contributed by atoms with Gasteiger partial charge in [-0.15, -0.1) is 0 Å². The van der Waals surface area contributed by atoms with E-state index in [1.165, 1.54) is 6.33 Å². The van der Waals surface area contributed by atoms with Crippen LogP contribution in [0.4, 0.5) is 5.69 Å². The summed E-state index contributed by atoms with van der Waals surface area (Å²) in [7, 11) is 0. The Morgan fingerprint density at radius 2 is 1.85 bits per heavy atom. The van der Waals surface area contributed by atoms with Crippen LogP contribution in [0.2, 0.25) is 10.0 Å². The molecule has 9 heteroatoms. The van der Waals surface area contributed by atoms with Crippen molar-refractivity contribution in [3.8, 4) is 11.6 Å². The van der Waals surface area contributed by atoms with Gasteiger partial charge in [-0.25, -0.2) is 4.98 Å². The molecule has 26 heavy (non-hydrogen) atoms. The fourth-order valence-corrected chi connectivity index (χ4v) is 3.16. The Hall–Kier alpha value is -2.35. The highest BCUT2D eigenvalue weighted by Gasteiger charge is 2.25. The van der Waals surface area contributed by atoms with Crippen LogP contribution in [-0.2, 0) is 0 Å². The van der Waals surface area contributed by atoms with Crippen LogP contribution in [0.15, 0.2) is 58.7 Å². The highest BCUT2D eigenvalue weighted by atomic mass is 35.5. The summed E-state index contributed by atoms with van der Waals surface area (Å²) < 4.78 is 5.62. The van der Waals surface area contributed by atoms with Gasteiger partial charge in [-0.1, -0.05) is 35.0 Å². The molecule has 0 aliphatic heterocycles. The van der Waals surface area contributed by atoms with Gasteiger partial charge in [-0.3, -0.25) is 10.1 Å². The Morgan fingerprint density at radius 1 is 1.12 bits per heavy atom. The van der Waals surface area contributed by atoms with Crippen molar-refractivity contribution in [2.45, 2.75) is 16.8 Å². The molecule has 0 unspecified atom stereocenters. The van der Waals surface area contributed by atoms with E-state index in [0.717, 1.165) is 22.2 Å². The van der Waals surface area contributed by atoms with E-state index in [9.17, 15) is 10.1 Å². The van der Waals surface area contributed by atoms with E-state index in [-0.39, 0.29) is 16.6 Å². The number of nitro groups is 1. The van der Waals surface area contributed by atoms with Crippen LogP contribution in [0.3, 0.4) is 0 Å². The zero-order valence-corrected chi connectivity index (χ0v) is 15.7. The molecule has 0 saturated heterocycles. The second-order valence-electron chi connectivity index (χ2n) is 5.16. The van der Waals surface area contributed by atoms with Crippen molar-refractivity contribution in [3.05, 3.63) is 74.5 Å². The summed E-state index contributed by atoms with van der Waals surface area (Å²) in [5.41, 5.74) is 0.483. The highest BCUT2D eigenvalue weighted by molar-refractivity contribution is 7.99. The molecular formula is C17H11Cl2N3O3S. The molecule has 3 rings (SSSR count). The molecule has 0 aliphatic carbocycles. The highest BCUT2D eigenvalue weighted by Crippen LogP contribution is 2.39. The third kappa shape index (κ3) is 4.24. The molecule has 0 saturated carbocycles. The molecule has 0 bridgehead atoms. The molecule has 0 N–H and O–H groups in total. The van der Waals surface area contributed by atoms with E-state index in [0.29, 0.717) is 15.8 Å². The van der Waals surface area contributed by atoms with Crippen LogP contribution in [0.5, 0.6) is 11.6 Å². The normalized spacial score (nSPS) is 10.6. The maximum absolute atomic E-state index is 11.6. The molecule has 0 atom stereocenters. The lowest BCUT2D eigenvalue weighted by atomic mass is 10.2. The molecule has 6 nitrogen and oxygen atoms in total. The van der Waals surface area contributed by atoms with Crippen LogP contribution in [0.25, 0.3) is 0 Å². The zero-order chi connectivity index (χ0) is 18.7. The van der Waals surface area contributed by atoms with Crippen molar-refractivity contribution < 1.29 is 9.66 Å². The molecule has 132 valence electrons. The molecule has 3 aromatic rings. The molecule has 0 amide bonds. The summed E-state index contributed by atoms with van der Waals surface area (Å²) in [6, 6.07) is 11.9. The lowest BCUT2D eigenvalue weighted by molar-refractivity contribution is -0.389. The number of hydrogen-bond donors (Lipinski definition) is 0. The van der Waals surface area contributed by atoms with E-state index < -0.39 is 4.92 Å². The van der Waals surface area contributed by atoms with Gasteiger partial charge in [0.25, 0.3) is 0 Å². The van der Waals surface area contributed by atoms with Gasteiger partial charge in [0.15, 0.2) is 5.03 Å². The van der Waals surface area contributed by atoms with Gasteiger partial charge in [-0.05, 0) is 55.0 Å². The molecule has 0 aliphatic rings. The minimum atomic E-state index is -0.559. The van der Waals surface area contributed by atoms with E-state index in [1.807, 2.05) is 6.92 Å². The van der Waals surface area contributed by atoms with Gasteiger partial charge in [0.2, 0.25) is 0 Å². The van der Waals surface area contributed by atoms with Crippen molar-refractivity contribution in [1.29, 1.82) is 0 Å². The van der Waals surface area contributed by atoms with Crippen molar-refractivity contribution in [1.82, 2.24) is 9.97 Å². The summed E-state index contributed by atoms with van der Waals surface area (Å²) >= 11 is 13.0. The average Bonchev–Trinajstić information content (AvgIpc) is 2.60. The number of ether oxygens (including phenoxy) is 1. The number of rotatable bonds is 5. The SMILES string of the molecule is Cc1cc(Oc2ncnc(Sc3ccc(Cl)cc3)c2[N+](=O)[O-])ccc1Cl. The number of aromatic nitrogens is 2. The van der Waals surface area contributed by atoms with Crippen molar-refractivity contribution in [3.63, 3.8) is 0 Å². The topological polar surface area (TPSA) is 78.2 Å². The second kappa shape index (κ2) is 7.90. The Bertz CT molecular complexity index is 968. The van der Waals surface area contributed by atoms with E-state index in [1.54, 1.807) is 42.5 Å². The predicted molar refractivity (Wildman–Crippen MR) is 101 cm³/mol. The Morgan fingerprint density at radius 3 is 2.50 bits per heavy atom. The molecule has 0 spiro atoms. The summed E-state index contributed by atoms with van der Waals surface area (Å²) in [5, 5.41) is 12.9. The maximum atomic E-state index is 11.6. The largest absolute Gasteiger partial charge is 0.434 e. The molecular weight excluding hydrogens is 397 g/mol. The molecule has 0 fully saturated rings. The minimum Gasteiger partial charge on any atom is -0.434 e. The van der Waals surface area contributed by atoms with Gasteiger partial charge in [-0.2, -0.15) is 4.98 Å². The van der Waals surface area contributed by atoms with Gasteiger partial charge in [0.1, 0.15) is 12.1 Å². The molecule has 1 aromatic heterocycles. The Labute approximate surface area is 163 Å². The Balaban J connectivity index is 1.96. The summed E-state index contributed by atoms with van der Waals surface area (Å²) in [5.74, 6) is 0.263. The van der Waals surface area contributed by atoms with E-state index in [4.69, 9.17) is 27.9 Å². The third-order valence-electron chi connectivity index (χ3n) is 3.31. The minimum absolute atomic E-state index is 0.136. The number of halogens is 2. The molecule has 0 radical (unpaired) electrons. The molecule has 2 aromatic carbocycles. The predicted octanol–water partition coefficient (Wildman–Crippen LogP) is 5.94. The number of nitrogens with zero attached hydrogens (tertiary/aromatic N) is 3. The fraction of sp³-hybridized carbons (Fsp3) is 0.0588. The summed E-state index contributed by atoms with van der Waals surface area (Å²) in [6.45, 7) is 1.81. The molecule has 1 heterocycles. The quantitative estimate of drug-likeness (QED) is 0.295. The smallest absolute Gasteiger partial charge is 0.363 e. The van der Waals surface area contributed by atoms with Crippen molar-refractivity contribution in [2.24, 2.45) is 0 Å². The van der Waals surface area contributed by atoms with Gasteiger partial charge < -0.3 is 4.74 Å². The number of aryl methyl sites for hydroxylation is 1. The first-order chi connectivity index (χ1) is 12.4. The summed E-state index contributed by atoms with van der Waals surface area (Å²) in [6.07, 6.45) is 1.23. The zero-order valence-electron chi connectivity index (χ0n) is 13.3. The first-order valence-electron chi connectivity index (χ1n) is 7.31.